The highest BCUT2D eigenvalue weighted by Crippen LogP contribution is 2.48. The zero-order chi connectivity index (χ0) is 9.60. The van der Waals surface area contributed by atoms with Crippen molar-refractivity contribution in [1.82, 2.24) is 5.32 Å². The van der Waals surface area contributed by atoms with Gasteiger partial charge >= 0.3 is 0 Å². The van der Waals surface area contributed by atoms with Crippen LogP contribution in [0.4, 0.5) is 0 Å². The van der Waals surface area contributed by atoms with Gasteiger partial charge in [0.1, 0.15) is 0 Å². The van der Waals surface area contributed by atoms with Crippen LogP contribution in [-0.4, -0.2) is 6.54 Å². The summed E-state index contributed by atoms with van der Waals surface area (Å²) in [7, 11) is 0. The summed E-state index contributed by atoms with van der Waals surface area (Å²) < 4.78 is 0. The molecule has 3 rings (SSSR count). The summed E-state index contributed by atoms with van der Waals surface area (Å²) in [4.78, 5) is 0. The molecule has 1 saturated carbocycles. The molecule has 0 saturated heterocycles. The summed E-state index contributed by atoms with van der Waals surface area (Å²) in [6, 6.07) is 7.06. The highest BCUT2D eigenvalue weighted by atomic mass is 15.0. The van der Waals surface area contributed by atoms with Crippen LogP contribution >= 0.6 is 0 Å². The van der Waals surface area contributed by atoms with Crippen LogP contribution in [0.5, 0.6) is 0 Å². The van der Waals surface area contributed by atoms with Crippen molar-refractivity contribution in [1.29, 1.82) is 0 Å². The first-order valence-electron chi connectivity index (χ1n) is 5.71. The fourth-order valence-electron chi connectivity index (χ4n) is 2.64. The maximum absolute atomic E-state index is 3.66. The Kier molecular flexibility index (Phi) is 1.72. The van der Waals surface area contributed by atoms with Gasteiger partial charge in [0, 0.05) is 12.1 Å². The minimum absolute atomic E-state index is 0.403. The first kappa shape index (κ1) is 8.49. The van der Waals surface area contributed by atoms with Crippen molar-refractivity contribution in [2.45, 2.75) is 38.1 Å². The third-order valence-corrected chi connectivity index (χ3v) is 3.70. The van der Waals surface area contributed by atoms with Gasteiger partial charge in [0.15, 0.2) is 0 Å². The molecule has 1 aliphatic carbocycles. The molecule has 1 spiro atoms. The lowest BCUT2D eigenvalue weighted by atomic mass is 9.90. The van der Waals surface area contributed by atoms with Gasteiger partial charge in [0.05, 0.1) is 0 Å². The van der Waals surface area contributed by atoms with Crippen LogP contribution in [0.1, 0.15) is 36.5 Å². The van der Waals surface area contributed by atoms with Gasteiger partial charge in [-0.1, -0.05) is 25.1 Å². The average Bonchev–Trinajstić information content (AvgIpc) is 2.99. The third kappa shape index (κ3) is 1.12. The number of hydrogen-bond donors (Lipinski definition) is 1. The van der Waals surface area contributed by atoms with Crippen molar-refractivity contribution < 1.29 is 0 Å². The van der Waals surface area contributed by atoms with E-state index in [-0.39, 0.29) is 0 Å². The normalized spacial score (nSPS) is 22.1. The van der Waals surface area contributed by atoms with E-state index >= 15 is 0 Å². The van der Waals surface area contributed by atoms with E-state index in [2.05, 4.69) is 30.4 Å². The van der Waals surface area contributed by atoms with Gasteiger partial charge in [-0.2, -0.15) is 0 Å². The lowest BCUT2D eigenvalue weighted by Crippen LogP contribution is -2.36. The second kappa shape index (κ2) is 2.83. The van der Waals surface area contributed by atoms with E-state index in [1.165, 1.54) is 31.4 Å². The van der Waals surface area contributed by atoms with Gasteiger partial charge < -0.3 is 5.32 Å². The molecule has 0 atom stereocenters. The minimum atomic E-state index is 0.403. The quantitative estimate of drug-likeness (QED) is 0.712. The molecular formula is C13H17N. The molecule has 2 aliphatic rings. The molecule has 74 valence electrons. The van der Waals surface area contributed by atoms with E-state index < -0.39 is 0 Å². The fraction of sp³-hybridized carbons (Fsp3) is 0.538. The molecule has 0 radical (unpaired) electrons. The van der Waals surface area contributed by atoms with Gasteiger partial charge in [-0.25, -0.2) is 0 Å². The first-order chi connectivity index (χ1) is 6.84. The lowest BCUT2D eigenvalue weighted by molar-refractivity contribution is 0.489. The van der Waals surface area contributed by atoms with Gasteiger partial charge in [-0.05, 0) is 42.4 Å². The Bertz CT molecular complexity index is 363. The summed E-state index contributed by atoms with van der Waals surface area (Å²) in [5.41, 5.74) is 5.07. The smallest absolute Gasteiger partial charge is 0.0439 e. The van der Waals surface area contributed by atoms with Crippen LogP contribution in [0.15, 0.2) is 18.2 Å². The number of benzene rings is 1. The topological polar surface area (TPSA) is 12.0 Å². The highest BCUT2D eigenvalue weighted by Gasteiger charge is 2.46. The summed E-state index contributed by atoms with van der Waals surface area (Å²) in [6.45, 7) is 3.40. The standard InChI is InChI=1S/C13H17N/c1-2-10-3-4-12-11(9-10)5-8-14-13(12)6-7-13/h3-4,9,14H,2,5-8H2,1H3. The molecule has 1 nitrogen and oxygen atoms in total. The molecule has 0 bridgehead atoms. The lowest BCUT2D eigenvalue weighted by Gasteiger charge is -2.27. The molecule has 1 heteroatoms. The average molecular weight is 187 g/mol. The van der Waals surface area contributed by atoms with Crippen molar-refractivity contribution in [3.05, 3.63) is 34.9 Å². The summed E-state index contributed by atoms with van der Waals surface area (Å²) in [5.74, 6) is 0. The molecule has 0 unspecified atom stereocenters. The number of hydrogen-bond acceptors (Lipinski definition) is 1. The number of aryl methyl sites for hydroxylation is 1. The van der Waals surface area contributed by atoms with Crippen LogP contribution in [0.25, 0.3) is 0 Å². The Labute approximate surface area is 85.5 Å². The minimum Gasteiger partial charge on any atom is -0.307 e. The maximum Gasteiger partial charge on any atom is 0.0439 e. The number of fused-ring (bicyclic) bond motifs is 2. The predicted molar refractivity (Wildman–Crippen MR) is 58.4 cm³/mol. The molecule has 1 N–H and O–H groups in total. The second-order valence-electron chi connectivity index (χ2n) is 4.60. The Hall–Kier alpha value is -0.820. The Morgan fingerprint density at radius 2 is 2.21 bits per heavy atom. The van der Waals surface area contributed by atoms with Crippen molar-refractivity contribution >= 4 is 0 Å². The highest BCUT2D eigenvalue weighted by molar-refractivity contribution is 5.42. The monoisotopic (exact) mass is 187 g/mol. The second-order valence-corrected chi connectivity index (χ2v) is 4.60. The molecule has 14 heavy (non-hydrogen) atoms. The van der Waals surface area contributed by atoms with Crippen LogP contribution < -0.4 is 5.32 Å². The van der Waals surface area contributed by atoms with Gasteiger partial charge in [-0.3, -0.25) is 0 Å². The molecule has 1 heterocycles. The van der Waals surface area contributed by atoms with Gasteiger partial charge in [0.25, 0.3) is 0 Å². The summed E-state index contributed by atoms with van der Waals surface area (Å²) >= 11 is 0. The number of nitrogens with one attached hydrogen (secondary N) is 1. The molecule has 1 aliphatic heterocycles. The fourth-order valence-corrected chi connectivity index (χ4v) is 2.64. The van der Waals surface area contributed by atoms with Crippen LogP contribution in [-0.2, 0) is 18.4 Å². The largest absolute Gasteiger partial charge is 0.307 e. The summed E-state index contributed by atoms with van der Waals surface area (Å²) in [5, 5.41) is 3.66. The van der Waals surface area contributed by atoms with Crippen molar-refractivity contribution in [2.75, 3.05) is 6.54 Å². The molecule has 0 amide bonds. The molecule has 1 fully saturated rings. The van der Waals surface area contributed by atoms with Crippen LogP contribution in [0, 0.1) is 0 Å². The molecule has 1 aromatic carbocycles. The van der Waals surface area contributed by atoms with Crippen LogP contribution in [0.3, 0.4) is 0 Å². The van der Waals surface area contributed by atoms with Crippen molar-refractivity contribution in [3.63, 3.8) is 0 Å². The van der Waals surface area contributed by atoms with Gasteiger partial charge in [0.2, 0.25) is 0 Å². The molecule has 1 aromatic rings. The molecular weight excluding hydrogens is 170 g/mol. The van der Waals surface area contributed by atoms with E-state index in [1.54, 1.807) is 11.1 Å². The van der Waals surface area contributed by atoms with Gasteiger partial charge in [-0.15, -0.1) is 0 Å². The summed E-state index contributed by atoms with van der Waals surface area (Å²) in [6.07, 6.45) is 5.05. The van der Waals surface area contributed by atoms with Crippen molar-refractivity contribution in [2.24, 2.45) is 0 Å². The maximum atomic E-state index is 3.66. The number of rotatable bonds is 1. The zero-order valence-electron chi connectivity index (χ0n) is 8.77. The Morgan fingerprint density at radius 3 is 2.93 bits per heavy atom. The van der Waals surface area contributed by atoms with E-state index in [0.717, 1.165) is 6.42 Å². The van der Waals surface area contributed by atoms with E-state index in [9.17, 15) is 0 Å². The zero-order valence-corrected chi connectivity index (χ0v) is 8.77. The van der Waals surface area contributed by atoms with Crippen LogP contribution in [0.2, 0.25) is 0 Å². The van der Waals surface area contributed by atoms with E-state index in [1.807, 2.05) is 0 Å². The Balaban J connectivity index is 2.07. The third-order valence-electron chi connectivity index (χ3n) is 3.70. The van der Waals surface area contributed by atoms with E-state index in [0.29, 0.717) is 5.54 Å². The van der Waals surface area contributed by atoms with Crippen molar-refractivity contribution in [3.8, 4) is 0 Å². The van der Waals surface area contributed by atoms with E-state index in [4.69, 9.17) is 0 Å². The SMILES string of the molecule is CCc1ccc2c(c1)CCNC21CC1. The first-order valence-corrected chi connectivity index (χ1v) is 5.71. The predicted octanol–water partition coefficient (Wildman–Crippen LogP) is 2.38. The molecule has 0 aromatic heterocycles. The Morgan fingerprint density at radius 1 is 1.36 bits per heavy atom.